The quantitative estimate of drug-likeness (QED) is 0.496. The first-order chi connectivity index (χ1) is 17.0. The zero-order valence-electron chi connectivity index (χ0n) is 19.8. The summed E-state index contributed by atoms with van der Waals surface area (Å²) in [5.41, 5.74) is 2.79. The average molecular weight is 477 g/mol. The Bertz CT molecular complexity index is 1230. The van der Waals surface area contributed by atoms with Crippen LogP contribution in [0, 0.1) is 5.82 Å². The number of fused-ring (bicyclic) bond motifs is 1. The monoisotopic (exact) mass is 476 g/mol. The summed E-state index contributed by atoms with van der Waals surface area (Å²) < 4.78 is 25.8. The summed E-state index contributed by atoms with van der Waals surface area (Å²) >= 11 is 0. The topological polar surface area (TPSA) is 63.0 Å². The normalized spacial score (nSPS) is 17.4. The van der Waals surface area contributed by atoms with Gasteiger partial charge in [0.15, 0.2) is 5.76 Å². The second kappa shape index (κ2) is 9.94. The highest BCUT2D eigenvalue weighted by Crippen LogP contribution is 2.38. The molecule has 5 rings (SSSR count). The van der Waals surface area contributed by atoms with E-state index < -0.39 is 0 Å². The van der Waals surface area contributed by atoms with Crippen molar-refractivity contribution in [1.29, 1.82) is 0 Å². The number of hydrogen-bond acceptors (Lipinski definition) is 4. The van der Waals surface area contributed by atoms with Crippen LogP contribution in [0.15, 0.2) is 59.0 Å². The van der Waals surface area contributed by atoms with Crippen molar-refractivity contribution in [3.8, 4) is 5.75 Å². The minimum atomic E-state index is -0.376. The van der Waals surface area contributed by atoms with Gasteiger partial charge >= 0.3 is 0 Å². The molecule has 1 fully saturated rings. The Balaban J connectivity index is 1.37. The van der Waals surface area contributed by atoms with Crippen LogP contribution in [0.2, 0.25) is 0 Å². The van der Waals surface area contributed by atoms with Crippen LogP contribution in [0.5, 0.6) is 5.75 Å². The molecule has 0 radical (unpaired) electrons. The lowest BCUT2D eigenvalue weighted by atomic mass is 9.87. The number of halogens is 1. The Morgan fingerprint density at radius 1 is 1.06 bits per heavy atom. The molecule has 1 aromatic heterocycles. The molecule has 35 heavy (non-hydrogen) atoms. The van der Waals surface area contributed by atoms with Crippen molar-refractivity contribution >= 4 is 11.8 Å². The third kappa shape index (κ3) is 4.81. The maximum atomic E-state index is 14.1. The zero-order valence-corrected chi connectivity index (χ0v) is 19.8. The molecule has 2 aliphatic rings. The number of rotatable bonds is 6. The fourth-order valence-electron chi connectivity index (χ4n) is 4.99. The van der Waals surface area contributed by atoms with Gasteiger partial charge in [0.25, 0.3) is 5.91 Å². The van der Waals surface area contributed by atoms with Gasteiger partial charge in [-0.1, -0.05) is 25.1 Å². The van der Waals surface area contributed by atoms with Gasteiger partial charge < -0.3 is 19.0 Å². The smallest absolute Gasteiger partial charge is 0.289 e. The molecule has 1 saturated heterocycles. The standard InChI is InChI=1S/C28H29FN2O4/c1-2-26(32)31-15-12-19-8-9-22(17-24(19)27(31)20-6-5-7-21(29)16-20)34-18-23-10-11-25(35-23)28(33)30-13-3-4-14-30/h5-11,16-17,27H,2-4,12-15,18H2,1H3. The first kappa shape index (κ1) is 23.1. The molecule has 3 heterocycles. The van der Waals surface area contributed by atoms with Gasteiger partial charge in [0.1, 0.15) is 23.9 Å². The second-order valence-corrected chi connectivity index (χ2v) is 9.06. The van der Waals surface area contributed by atoms with E-state index in [-0.39, 0.29) is 30.3 Å². The number of carbonyl (C=O) groups excluding carboxylic acids is 2. The maximum absolute atomic E-state index is 14.1. The zero-order chi connectivity index (χ0) is 24.4. The molecule has 0 aliphatic carbocycles. The number of likely N-dealkylation sites (tertiary alicyclic amines) is 1. The fraction of sp³-hybridized carbons (Fsp3) is 0.357. The van der Waals surface area contributed by atoms with Gasteiger partial charge in [0.2, 0.25) is 5.91 Å². The first-order valence-electron chi connectivity index (χ1n) is 12.2. The molecule has 3 aromatic rings. The summed E-state index contributed by atoms with van der Waals surface area (Å²) in [5.74, 6) is 1.14. The highest BCUT2D eigenvalue weighted by Gasteiger charge is 2.32. The number of furan rings is 1. The Hall–Kier alpha value is -3.61. The van der Waals surface area contributed by atoms with E-state index in [1.807, 2.05) is 41.0 Å². The second-order valence-electron chi connectivity index (χ2n) is 9.06. The van der Waals surface area contributed by atoms with Crippen LogP contribution < -0.4 is 4.74 Å². The number of benzene rings is 2. The highest BCUT2D eigenvalue weighted by atomic mass is 19.1. The fourth-order valence-corrected chi connectivity index (χ4v) is 4.99. The lowest BCUT2D eigenvalue weighted by molar-refractivity contribution is -0.132. The summed E-state index contributed by atoms with van der Waals surface area (Å²) in [6.45, 7) is 4.14. The Morgan fingerprint density at radius 2 is 1.89 bits per heavy atom. The van der Waals surface area contributed by atoms with Crippen molar-refractivity contribution in [2.45, 2.75) is 45.3 Å². The minimum Gasteiger partial charge on any atom is -0.486 e. The van der Waals surface area contributed by atoms with Gasteiger partial charge in [-0.05, 0) is 72.4 Å². The van der Waals surface area contributed by atoms with Gasteiger partial charge in [0, 0.05) is 26.1 Å². The predicted molar refractivity (Wildman–Crippen MR) is 129 cm³/mol. The summed E-state index contributed by atoms with van der Waals surface area (Å²) in [5, 5.41) is 0. The third-order valence-corrected chi connectivity index (χ3v) is 6.78. The van der Waals surface area contributed by atoms with Gasteiger partial charge in [-0.3, -0.25) is 9.59 Å². The van der Waals surface area contributed by atoms with E-state index in [2.05, 4.69) is 0 Å². The Morgan fingerprint density at radius 3 is 2.66 bits per heavy atom. The third-order valence-electron chi connectivity index (χ3n) is 6.78. The predicted octanol–water partition coefficient (Wildman–Crippen LogP) is 5.12. The number of nitrogens with zero attached hydrogens (tertiary/aromatic N) is 2. The molecule has 7 heteroatoms. The van der Waals surface area contributed by atoms with E-state index in [1.165, 1.54) is 12.1 Å². The number of carbonyl (C=O) groups is 2. The molecule has 0 N–H and O–H groups in total. The summed E-state index contributed by atoms with van der Waals surface area (Å²) in [4.78, 5) is 28.9. The molecular weight excluding hydrogens is 447 g/mol. The summed E-state index contributed by atoms with van der Waals surface area (Å²) in [6, 6.07) is 15.3. The van der Waals surface area contributed by atoms with E-state index >= 15 is 0 Å². The van der Waals surface area contributed by atoms with Crippen LogP contribution in [0.4, 0.5) is 4.39 Å². The minimum absolute atomic E-state index is 0.0296. The van der Waals surface area contributed by atoms with E-state index in [1.54, 1.807) is 18.2 Å². The molecule has 1 unspecified atom stereocenters. The van der Waals surface area contributed by atoms with Crippen LogP contribution in [0.1, 0.15) is 65.2 Å². The number of hydrogen-bond donors (Lipinski definition) is 0. The van der Waals surface area contributed by atoms with E-state index in [4.69, 9.17) is 9.15 Å². The maximum Gasteiger partial charge on any atom is 0.289 e. The summed E-state index contributed by atoms with van der Waals surface area (Å²) in [7, 11) is 0. The molecule has 1 atom stereocenters. The van der Waals surface area contributed by atoms with Gasteiger partial charge in [-0.25, -0.2) is 4.39 Å². The van der Waals surface area contributed by atoms with Crippen molar-refractivity contribution in [3.05, 3.63) is 88.6 Å². The molecule has 2 aromatic carbocycles. The number of ether oxygens (including phenoxy) is 1. The lowest BCUT2D eigenvalue weighted by Gasteiger charge is -2.38. The van der Waals surface area contributed by atoms with E-state index in [9.17, 15) is 14.0 Å². The van der Waals surface area contributed by atoms with Gasteiger partial charge in [-0.15, -0.1) is 0 Å². The molecule has 6 nitrogen and oxygen atoms in total. The Labute approximate surface area is 204 Å². The summed E-state index contributed by atoms with van der Waals surface area (Å²) in [6.07, 6.45) is 3.17. The van der Waals surface area contributed by atoms with Crippen molar-refractivity contribution in [3.63, 3.8) is 0 Å². The molecule has 2 amide bonds. The highest BCUT2D eigenvalue weighted by molar-refractivity contribution is 5.91. The van der Waals surface area contributed by atoms with Crippen molar-refractivity contribution in [2.75, 3.05) is 19.6 Å². The molecule has 2 aliphatic heterocycles. The first-order valence-corrected chi connectivity index (χ1v) is 12.2. The lowest BCUT2D eigenvalue weighted by Crippen LogP contribution is -2.40. The van der Waals surface area contributed by atoms with Crippen molar-refractivity contribution < 1.29 is 23.1 Å². The van der Waals surface area contributed by atoms with Gasteiger partial charge in [0.05, 0.1) is 6.04 Å². The number of amides is 2. The average Bonchev–Trinajstić information content (AvgIpc) is 3.58. The largest absolute Gasteiger partial charge is 0.486 e. The van der Waals surface area contributed by atoms with Gasteiger partial charge in [-0.2, -0.15) is 0 Å². The molecule has 0 bridgehead atoms. The van der Waals surface area contributed by atoms with Crippen LogP contribution in [0.3, 0.4) is 0 Å². The van der Waals surface area contributed by atoms with Crippen LogP contribution >= 0.6 is 0 Å². The van der Waals surface area contributed by atoms with Crippen LogP contribution in [0.25, 0.3) is 0 Å². The Kier molecular flexibility index (Phi) is 6.57. The molecule has 0 saturated carbocycles. The molecule has 0 spiro atoms. The van der Waals surface area contributed by atoms with E-state index in [0.717, 1.165) is 49.0 Å². The SMILES string of the molecule is CCC(=O)N1CCc2ccc(OCc3ccc(C(=O)N4CCCC4)o3)cc2C1c1cccc(F)c1. The van der Waals surface area contributed by atoms with Crippen LogP contribution in [-0.4, -0.2) is 41.2 Å². The molecular formula is C28H29FN2O4. The van der Waals surface area contributed by atoms with Crippen molar-refractivity contribution in [2.24, 2.45) is 0 Å². The van der Waals surface area contributed by atoms with Crippen molar-refractivity contribution in [1.82, 2.24) is 9.80 Å². The van der Waals surface area contributed by atoms with Crippen LogP contribution in [-0.2, 0) is 17.8 Å². The van der Waals surface area contributed by atoms with E-state index in [0.29, 0.717) is 30.2 Å². The molecule has 182 valence electrons.